The maximum atomic E-state index is 13.4. The van der Waals surface area contributed by atoms with Gasteiger partial charge in [0.05, 0.1) is 19.9 Å². The highest BCUT2D eigenvalue weighted by Crippen LogP contribution is 2.33. The van der Waals surface area contributed by atoms with Gasteiger partial charge in [0.25, 0.3) is 5.91 Å². The number of methoxy groups -OCH3 is 2. The minimum absolute atomic E-state index is 0.00881. The van der Waals surface area contributed by atoms with Gasteiger partial charge in [0, 0.05) is 30.1 Å². The van der Waals surface area contributed by atoms with Crippen molar-refractivity contribution >= 4 is 28.8 Å². The summed E-state index contributed by atoms with van der Waals surface area (Å²) in [6.07, 6.45) is 1.27. The Morgan fingerprint density at radius 3 is 2.50 bits per heavy atom. The van der Waals surface area contributed by atoms with E-state index < -0.39 is 30.6 Å². The molecule has 0 saturated carbocycles. The van der Waals surface area contributed by atoms with Crippen molar-refractivity contribution in [2.75, 3.05) is 32.2 Å². The number of alkyl halides is 3. The average Bonchev–Trinajstić information content (AvgIpc) is 3.24. The van der Waals surface area contributed by atoms with Crippen LogP contribution < -0.4 is 14.4 Å². The molecule has 2 heterocycles. The SMILES string of the molecule is C#Cc1nc(C(=O)N(c2cc(OC)cc(OC)c2)[C@@H]2CCCN(CC(F)(F)F)C2=O)cs1. The number of benzene rings is 1. The first-order valence-electron chi connectivity index (χ1n) is 9.51. The molecule has 170 valence electrons. The van der Waals surface area contributed by atoms with Crippen LogP contribution in [-0.4, -0.2) is 61.2 Å². The molecule has 1 atom stereocenters. The molecule has 2 aromatic rings. The van der Waals surface area contributed by atoms with E-state index in [0.29, 0.717) is 17.9 Å². The van der Waals surface area contributed by atoms with E-state index in [9.17, 15) is 22.8 Å². The number of hydrogen-bond acceptors (Lipinski definition) is 6. The van der Waals surface area contributed by atoms with E-state index in [1.807, 2.05) is 0 Å². The van der Waals surface area contributed by atoms with Crippen LogP contribution in [-0.2, 0) is 4.79 Å². The van der Waals surface area contributed by atoms with Gasteiger partial charge < -0.3 is 14.4 Å². The van der Waals surface area contributed by atoms with Gasteiger partial charge in [-0.1, -0.05) is 0 Å². The molecule has 3 rings (SSSR count). The molecule has 0 unspecified atom stereocenters. The summed E-state index contributed by atoms with van der Waals surface area (Å²) in [5.74, 6) is 1.56. The number of carbonyl (C=O) groups is 2. The van der Waals surface area contributed by atoms with Gasteiger partial charge in [0.2, 0.25) is 5.91 Å². The molecule has 0 bridgehead atoms. The first kappa shape index (κ1) is 23.4. The van der Waals surface area contributed by atoms with Gasteiger partial charge in [-0.25, -0.2) is 4.98 Å². The van der Waals surface area contributed by atoms with Crippen molar-refractivity contribution in [3.63, 3.8) is 0 Å². The van der Waals surface area contributed by atoms with Crippen LogP contribution >= 0.6 is 11.3 Å². The Hall–Kier alpha value is -3.26. The number of piperidine rings is 1. The van der Waals surface area contributed by atoms with E-state index in [1.165, 1.54) is 31.7 Å². The van der Waals surface area contributed by atoms with Gasteiger partial charge in [-0.3, -0.25) is 14.5 Å². The number of hydrogen-bond donors (Lipinski definition) is 0. The summed E-state index contributed by atoms with van der Waals surface area (Å²) in [7, 11) is 2.84. The first-order valence-corrected chi connectivity index (χ1v) is 10.4. The quantitative estimate of drug-likeness (QED) is 0.610. The Morgan fingerprint density at radius 2 is 1.97 bits per heavy atom. The summed E-state index contributed by atoms with van der Waals surface area (Å²) in [5.41, 5.74) is 0.221. The molecule has 0 N–H and O–H groups in total. The topological polar surface area (TPSA) is 72.0 Å². The van der Waals surface area contributed by atoms with Crippen molar-refractivity contribution in [2.24, 2.45) is 0 Å². The van der Waals surface area contributed by atoms with Crippen LogP contribution in [0.25, 0.3) is 0 Å². The Labute approximate surface area is 186 Å². The molecule has 1 aliphatic rings. The van der Waals surface area contributed by atoms with Crippen molar-refractivity contribution in [3.05, 3.63) is 34.3 Å². The van der Waals surface area contributed by atoms with E-state index in [-0.39, 0.29) is 29.4 Å². The van der Waals surface area contributed by atoms with Crippen LogP contribution in [0.2, 0.25) is 0 Å². The highest BCUT2D eigenvalue weighted by Gasteiger charge is 2.42. The number of carbonyl (C=O) groups excluding carboxylic acids is 2. The lowest BCUT2D eigenvalue weighted by molar-refractivity contribution is -0.164. The van der Waals surface area contributed by atoms with E-state index in [0.717, 1.165) is 21.1 Å². The molecule has 7 nitrogen and oxygen atoms in total. The second-order valence-electron chi connectivity index (χ2n) is 6.96. The van der Waals surface area contributed by atoms with Gasteiger partial charge in [-0.2, -0.15) is 13.2 Å². The highest BCUT2D eigenvalue weighted by atomic mass is 32.1. The van der Waals surface area contributed by atoms with Gasteiger partial charge >= 0.3 is 6.18 Å². The number of anilines is 1. The minimum Gasteiger partial charge on any atom is -0.497 e. The van der Waals surface area contributed by atoms with Crippen molar-refractivity contribution in [1.82, 2.24) is 9.88 Å². The van der Waals surface area contributed by atoms with E-state index in [4.69, 9.17) is 15.9 Å². The van der Waals surface area contributed by atoms with E-state index in [2.05, 4.69) is 10.9 Å². The largest absolute Gasteiger partial charge is 0.497 e. The molecule has 0 aliphatic carbocycles. The molecule has 1 aliphatic heterocycles. The van der Waals surface area contributed by atoms with Gasteiger partial charge in [0.1, 0.15) is 29.8 Å². The van der Waals surface area contributed by atoms with E-state index in [1.54, 1.807) is 6.07 Å². The molecule has 1 aromatic carbocycles. The highest BCUT2D eigenvalue weighted by molar-refractivity contribution is 7.10. The molecule has 0 spiro atoms. The fraction of sp³-hybridized carbons (Fsp3) is 0.381. The zero-order valence-corrected chi connectivity index (χ0v) is 18.1. The molecular weight excluding hydrogens is 447 g/mol. The Bertz CT molecular complexity index is 1030. The lowest BCUT2D eigenvalue weighted by Gasteiger charge is -2.38. The number of aromatic nitrogens is 1. The van der Waals surface area contributed by atoms with E-state index >= 15 is 0 Å². The standard InChI is InChI=1S/C21H20F3N3O4S/c1-4-18-25-16(11-32-18)19(28)27(13-8-14(30-2)10-15(9-13)31-3)17-6-5-7-26(20(17)29)12-21(22,23)24/h1,8-11,17H,5-7,12H2,2-3H3/t17-/m1/s1. The predicted molar refractivity (Wildman–Crippen MR) is 112 cm³/mol. The van der Waals surface area contributed by atoms with Gasteiger partial charge in [-0.05, 0) is 18.8 Å². The third-order valence-electron chi connectivity index (χ3n) is 4.86. The van der Waals surface area contributed by atoms with Crippen molar-refractivity contribution < 1.29 is 32.2 Å². The molecule has 1 saturated heterocycles. The minimum atomic E-state index is -4.55. The second-order valence-corrected chi connectivity index (χ2v) is 7.82. The molecular formula is C21H20F3N3O4S. The summed E-state index contributed by atoms with van der Waals surface area (Å²) in [4.78, 5) is 32.4. The predicted octanol–water partition coefficient (Wildman–Crippen LogP) is 3.34. The molecule has 11 heteroatoms. The number of rotatable bonds is 6. The summed E-state index contributed by atoms with van der Waals surface area (Å²) in [5, 5.41) is 1.72. The number of amides is 2. The number of likely N-dealkylation sites (tertiary alicyclic amines) is 1. The van der Waals surface area contributed by atoms with Gasteiger partial charge in [-0.15, -0.1) is 17.8 Å². The number of ether oxygens (including phenoxy) is 2. The third-order valence-corrected chi connectivity index (χ3v) is 5.64. The maximum absolute atomic E-state index is 13.4. The van der Waals surface area contributed by atoms with Crippen LogP contribution in [0.15, 0.2) is 23.6 Å². The molecule has 0 radical (unpaired) electrons. The number of thiazole rings is 1. The molecule has 2 amide bonds. The maximum Gasteiger partial charge on any atom is 0.406 e. The summed E-state index contributed by atoms with van der Waals surface area (Å²) in [6, 6.07) is 3.42. The lowest BCUT2D eigenvalue weighted by atomic mass is 10.0. The average molecular weight is 467 g/mol. The smallest absolute Gasteiger partial charge is 0.406 e. The lowest BCUT2D eigenvalue weighted by Crippen LogP contribution is -2.56. The van der Waals surface area contributed by atoms with Crippen LogP contribution in [0.3, 0.4) is 0 Å². The molecule has 1 aromatic heterocycles. The van der Waals surface area contributed by atoms with Crippen LogP contribution in [0.1, 0.15) is 28.3 Å². The van der Waals surface area contributed by atoms with Crippen LogP contribution in [0.4, 0.5) is 18.9 Å². The number of terminal acetylenes is 1. The Balaban J connectivity index is 2.07. The zero-order chi connectivity index (χ0) is 23.5. The summed E-state index contributed by atoms with van der Waals surface area (Å²) in [6.45, 7) is -1.43. The normalized spacial score (nSPS) is 16.4. The van der Waals surface area contributed by atoms with Crippen molar-refractivity contribution in [3.8, 4) is 23.8 Å². The molecule has 32 heavy (non-hydrogen) atoms. The second kappa shape index (κ2) is 9.48. The van der Waals surface area contributed by atoms with Crippen molar-refractivity contribution in [1.29, 1.82) is 0 Å². The van der Waals surface area contributed by atoms with Crippen molar-refractivity contribution in [2.45, 2.75) is 25.1 Å². The summed E-state index contributed by atoms with van der Waals surface area (Å²) >= 11 is 1.07. The Kier molecular flexibility index (Phi) is 6.93. The number of nitrogens with zero attached hydrogens (tertiary/aromatic N) is 3. The fourth-order valence-electron chi connectivity index (χ4n) is 3.46. The fourth-order valence-corrected chi connectivity index (χ4v) is 4.06. The Morgan fingerprint density at radius 1 is 1.31 bits per heavy atom. The van der Waals surface area contributed by atoms with Crippen LogP contribution in [0, 0.1) is 12.3 Å². The third kappa shape index (κ3) is 5.13. The van der Waals surface area contributed by atoms with Gasteiger partial charge in [0.15, 0.2) is 5.01 Å². The number of halogens is 3. The zero-order valence-electron chi connectivity index (χ0n) is 17.3. The molecule has 1 fully saturated rings. The van der Waals surface area contributed by atoms with Crippen LogP contribution in [0.5, 0.6) is 11.5 Å². The first-order chi connectivity index (χ1) is 15.2. The summed E-state index contributed by atoms with van der Waals surface area (Å²) < 4.78 is 49.5. The monoisotopic (exact) mass is 467 g/mol.